The maximum atomic E-state index is 13.1. The number of aliphatic hydroxyl groups excluding tert-OH is 1. The number of carbonyl (C=O) groups excluding carboxylic acids is 4. The summed E-state index contributed by atoms with van der Waals surface area (Å²) < 4.78 is 68.7. The molecule has 0 fully saturated rings. The summed E-state index contributed by atoms with van der Waals surface area (Å²) in [6, 6.07) is 0. The number of esters is 4. The first-order valence-electron chi connectivity index (χ1n) is 41.9. The Morgan fingerprint density at radius 1 is 0.290 bits per heavy atom. The van der Waals surface area contributed by atoms with Crippen LogP contribution in [-0.4, -0.2) is 96.7 Å². The van der Waals surface area contributed by atoms with Crippen molar-refractivity contribution < 1.29 is 80.2 Å². The quantitative estimate of drug-likeness (QED) is 0.0222. The van der Waals surface area contributed by atoms with Gasteiger partial charge in [0, 0.05) is 25.7 Å². The molecule has 0 aliphatic rings. The Labute approximate surface area is 613 Å². The van der Waals surface area contributed by atoms with Crippen molar-refractivity contribution in [3.05, 3.63) is 0 Å². The van der Waals surface area contributed by atoms with Gasteiger partial charge < -0.3 is 33.8 Å². The van der Waals surface area contributed by atoms with Crippen molar-refractivity contribution in [1.29, 1.82) is 0 Å². The SMILES string of the molecule is CCCCCCCCCCCCCCC(=O)OC[C@H](COP(=O)(O)OC[C@H](O)COP(=O)(O)OC[C@@H](COC(=O)CCCCCCCCCCCCCCCCC(C)C)OC(=O)CCCCCCCCCCCCCCCCC(C)CC)OC(=O)CCCCCCCCCCCCC(C)C. The molecule has 100 heavy (non-hydrogen) atoms. The highest BCUT2D eigenvalue weighted by Crippen LogP contribution is 2.45. The average Bonchev–Trinajstić information content (AvgIpc) is 0.934. The molecule has 0 rings (SSSR count). The van der Waals surface area contributed by atoms with Gasteiger partial charge in [-0.15, -0.1) is 0 Å². The fraction of sp³-hybridized carbons (Fsp3) is 0.951. The van der Waals surface area contributed by atoms with Crippen molar-refractivity contribution in [2.75, 3.05) is 39.6 Å². The van der Waals surface area contributed by atoms with Crippen LogP contribution in [0.2, 0.25) is 0 Å². The molecule has 594 valence electrons. The van der Waals surface area contributed by atoms with Crippen molar-refractivity contribution >= 4 is 39.5 Å². The third-order valence-corrected chi connectivity index (χ3v) is 21.1. The molecule has 0 aromatic rings. The fourth-order valence-corrected chi connectivity index (χ4v) is 14.0. The number of phosphoric ester groups is 2. The van der Waals surface area contributed by atoms with Crippen LogP contribution in [0.5, 0.6) is 0 Å². The summed E-state index contributed by atoms with van der Waals surface area (Å²) in [6.07, 6.45) is 59.5. The molecule has 3 unspecified atom stereocenters. The first-order valence-corrected chi connectivity index (χ1v) is 44.9. The van der Waals surface area contributed by atoms with Gasteiger partial charge in [0.25, 0.3) is 0 Å². The highest BCUT2D eigenvalue weighted by Gasteiger charge is 2.30. The summed E-state index contributed by atoms with van der Waals surface area (Å²) in [5.41, 5.74) is 0. The molecule has 17 nitrogen and oxygen atoms in total. The summed E-state index contributed by atoms with van der Waals surface area (Å²) in [4.78, 5) is 73.1. The van der Waals surface area contributed by atoms with E-state index in [4.69, 9.17) is 37.0 Å². The van der Waals surface area contributed by atoms with Crippen molar-refractivity contribution in [2.24, 2.45) is 17.8 Å². The summed E-state index contributed by atoms with van der Waals surface area (Å²) >= 11 is 0. The molecular formula is C81H158O17P2. The van der Waals surface area contributed by atoms with Gasteiger partial charge in [0.05, 0.1) is 26.4 Å². The minimum absolute atomic E-state index is 0.106. The van der Waals surface area contributed by atoms with Crippen LogP contribution in [0.25, 0.3) is 0 Å². The minimum Gasteiger partial charge on any atom is -0.462 e. The van der Waals surface area contributed by atoms with Crippen molar-refractivity contribution in [3.8, 4) is 0 Å². The van der Waals surface area contributed by atoms with E-state index in [0.717, 1.165) is 108 Å². The van der Waals surface area contributed by atoms with Gasteiger partial charge in [0.1, 0.15) is 19.3 Å². The third-order valence-electron chi connectivity index (χ3n) is 19.2. The van der Waals surface area contributed by atoms with Crippen LogP contribution in [0.3, 0.4) is 0 Å². The van der Waals surface area contributed by atoms with E-state index in [1.165, 1.54) is 231 Å². The summed E-state index contributed by atoms with van der Waals surface area (Å²) in [5.74, 6) is 0.288. The zero-order valence-corrected chi connectivity index (χ0v) is 67.5. The number of phosphoric acid groups is 2. The molecule has 0 aromatic carbocycles. The van der Waals surface area contributed by atoms with E-state index in [-0.39, 0.29) is 25.7 Å². The lowest BCUT2D eigenvalue weighted by Crippen LogP contribution is -2.30. The highest BCUT2D eigenvalue weighted by atomic mass is 31.2. The van der Waals surface area contributed by atoms with Crippen LogP contribution in [0.15, 0.2) is 0 Å². The maximum Gasteiger partial charge on any atom is 0.472 e. The van der Waals surface area contributed by atoms with Gasteiger partial charge in [-0.3, -0.25) is 37.3 Å². The zero-order chi connectivity index (χ0) is 73.7. The number of aliphatic hydroxyl groups is 1. The predicted molar refractivity (Wildman–Crippen MR) is 409 cm³/mol. The van der Waals surface area contributed by atoms with Crippen molar-refractivity contribution in [2.45, 2.75) is 439 Å². The van der Waals surface area contributed by atoms with Crippen LogP contribution in [-0.2, 0) is 65.4 Å². The van der Waals surface area contributed by atoms with E-state index >= 15 is 0 Å². The normalized spacial score (nSPS) is 14.2. The first-order chi connectivity index (χ1) is 48.3. The Morgan fingerprint density at radius 2 is 0.510 bits per heavy atom. The Morgan fingerprint density at radius 3 is 0.760 bits per heavy atom. The Bertz CT molecular complexity index is 1940. The number of rotatable bonds is 79. The first kappa shape index (κ1) is 98.1. The summed E-state index contributed by atoms with van der Waals surface area (Å²) in [6.45, 7) is 12.0. The maximum absolute atomic E-state index is 13.1. The molecule has 0 bridgehead atoms. The molecule has 0 aromatic heterocycles. The lowest BCUT2D eigenvalue weighted by Gasteiger charge is -2.21. The highest BCUT2D eigenvalue weighted by molar-refractivity contribution is 7.47. The van der Waals surface area contributed by atoms with Crippen molar-refractivity contribution in [3.63, 3.8) is 0 Å². The van der Waals surface area contributed by atoms with Gasteiger partial charge in [-0.1, -0.05) is 370 Å². The van der Waals surface area contributed by atoms with Crippen LogP contribution >= 0.6 is 15.6 Å². The topological polar surface area (TPSA) is 237 Å². The molecule has 0 amide bonds. The van der Waals surface area contributed by atoms with E-state index in [9.17, 15) is 43.2 Å². The molecule has 19 heteroatoms. The number of hydrogen-bond acceptors (Lipinski definition) is 15. The summed E-state index contributed by atoms with van der Waals surface area (Å²) in [5, 5.41) is 10.6. The number of carbonyl (C=O) groups is 4. The van der Waals surface area contributed by atoms with Crippen LogP contribution < -0.4 is 0 Å². The third kappa shape index (κ3) is 73.0. The molecule has 0 heterocycles. The average molecular weight is 1470 g/mol. The molecule has 0 radical (unpaired) electrons. The smallest absolute Gasteiger partial charge is 0.462 e. The monoisotopic (exact) mass is 1470 g/mol. The standard InChI is InChI=1S/C81H158O17P2/c1-8-10-11-12-13-14-15-26-34-41-48-55-62-78(83)91-69-77(98-81(86)65-58-51-44-37-30-29-32-39-46-53-60-73(5)6)71-96-100(89,90)94-67-75(82)66-93-99(87,88)95-70-76(68-92-79(84)63-56-49-42-35-27-22-18-16-20-24-31-38-45-52-59-72(3)4)97-80(85)64-57-50-43-36-28-23-19-17-21-25-33-40-47-54-61-74(7)9-2/h72-77,82H,8-71H2,1-7H3,(H,87,88)(H,89,90)/t74?,75-,76-,77-/m1/s1. The van der Waals surface area contributed by atoms with Crippen LogP contribution in [0, 0.1) is 17.8 Å². The van der Waals surface area contributed by atoms with Gasteiger partial charge in [0.2, 0.25) is 0 Å². The lowest BCUT2D eigenvalue weighted by atomic mass is 9.99. The largest absolute Gasteiger partial charge is 0.472 e. The Hall–Kier alpha value is -1.94. The summed E-state index contributed by atoms with van der Waals surface area (Å²) in [7, 11) is -9.92. The number of ether oxygens (including phenoxy) is 4. The van der Waals surface area contributed by atoms with E-state index in [2.05, 4.69) is 48.5 Å². The van der Waals surface area contributed by atoms with E-state index in [1.807, 2.05) is 0 Å². The number of hydrogen-bond donors (Lipinski definition) is 3. The van der Waals surface area contributed by atoms with Crippen LogP contribution in [0.4, 0.5) is 0 Å². The molecule has 6 atom stereocenters. The van der Waals surface area contributed by atoms with E-state index < -0.39 is 97.5 Å². The molecule has 0 saturated carbocycles. The fourth-order valence-electron chi connectivity index (χ4n) is 12.5. The molecule has 3 N–H and O–H groups in total. The lowest BCUT2D eigenvalue weighted by molar-refractivity contribution is -0.161. The second-order valence-electron chi connectivity index (χ2n) is 30.4. The zero-order valence-electron chi connectivity index (χ0n) is 65.7. The van der Waals surface area contributed by atoms with E-state index in [1.54, 1.807) is 0 Å². The molecule has 0 saturated heterocycles. The minimum atomic E-state index is -4.96. The van der Waals surface area contributed by atoms with Crippen LogP contribution in [0.1, 0.15) is 421 Å². The Kier molecular flexibility index (Phi) is 69.9. The molecule has 0 aliphatic carbocycles. The second-order valence-corrected chi connectivity index (χ2v) is 33.3. The molecule has 0 spiro atoms. The van der Waals surface area contributed by atoms with Gasteiger partial charge >= 0.3 is 39.5 Å². The van der Waals surface area contributed by atoms with Gasteiger partial charge in [-0.25, -0.2) is 9.13 Å². The van der Waals surface area contributed by atoms with Gasteiger partial charge in [0.15, 0.2) is 12.2 Å². The van der Waals surface area contributed by atoms with Gasteiger partial charge in [-0.05, 0) is 43.4 Å². The van der Waals surface area contributed by atoms with Gasteiger partial charge in [-0.2, -0.15) is 0 Å². The van der Waals surface area contributed by atoms with E-state index in [0.29, 0.717) is 25.7 Å². The molecular weight excluding hydrogens is 1310 g/mol. The van der Waals surface area contributed by atoms with Crippen molar-refractivity contribution in [1.82, 2.24) is 0 Å². The molecule has 0 aliphatic heterocycles. The number of unbranched alkanes of at least 4 members (excludes halogenated alkanes) is 46. The predicted octanol–water partition coefficient (Wildman–Crippen LogP) is 24.1. The second kappa shape index (κ2) is 71.3. The Balaban J connectivity index is 5.26.